The van der Waals surface area contributed by atoms with Crippen LogP contribution in [0.2, 0.25) is 0 Å². The molecule has 9 aromatic carbocycles. The van der Waals surface area contributed by atoms with Gasteiger partial charge >= 0.3 is 0 Å². The van der Waals surface area contributed by atoms with Gasteiger partial charge in [0.05, 0.1) is 0 Å². The smallest absolute Gasteiger partial charge is 0.143 e. The highest BCUT2D eigenvalue weighted by atomic mass is 16.3. The Labute approximate surface area is 247 Å². The predicted molar refractivity (Wildman–Crippen MR) is 183 cm³/mol. The highest BCUT2D eigenvalue weighted by Crippen LogP contribution is 2.46. The normalized spacial score (nSPS) is 12.2. The largest absolute Gasteiger partial charge is 0.455 e. The Bertz CT molecular complexity index is 2710. The summed E-state index contributed by atoms with van der Waals surface area (Å²) in [7, 11) is 0. The van der Waals surface area contributed by atoms with E-state index in [1.807, 2.05) is 0 Å². The predicted octanol–water partition coefficient (Wildman–Crippen LogP) is 12.1. The second-order valence-electron chi connectivity index (χ2n) is 11.7. The van der Waals surface area contributed by atoms with Crippen molar-refractivity contribution in [2.45, 2.75) is 0 Å². The topological polar surface area (TPSA) is 13.1 Å². The van der Waals surface area contributed by atoms with E-state index in [0.29, 0.717) is 0 Å². The highest BCUT2D eigenvalue weighted by molar-refractivity contribution is 6.27. The molecule has 10 aromatic rings. The van der Waals surface area contributed by atoms with Crippen LogP contribution in [0.1, 0.15) is 0 Å². The Balaban J connectivity index is 1.34. The van der Waals surface area contributed by atoms with Gasteiger partial charge in [-0.1, -0.05) is 127 Å². The van der Waals surface area contributed by atoms with Crippen molar-refractivity contribution >= 4 is 75.8 Å². The fourth-order valence-electron chi connectivity index (χ4n) is 7.39. The van der Waals surface area contributed by atoms with Gasteiger partial charge in [-0.25, -0.2) is 0 Å². The Morgan fingerprint density at radius 2 is 0.907 bits per heavy atom. The standard InChI is InChI=1S/C42H24O/c1-2-8-30-24-31(15-12-25(30)6-1)32-22-23-36(42-40(32)37-21-16-26-7-3-4-11-33(26)41(37)43-42)34-19-17-29-14-13-27-9-5-10-28-18-20-35(34)39(29)38(27)28/h1-24H. The van der Waals surface area contributed by atoms with Crippen LogP contribution in [0, 0.1) is 0 Å². The molecule has 0 aliphatic rings. The van der Waals surface area contributed by atoms with Gasteiger partial charge in [-0.3, -0.25) is 0 Å². The van der Waals surface area contributed by atoms with Crippen LogP contribution in [0.5, 0.6) is 0 Å². The van der Waals surface area contributed by atoms with Crippen molar-refractivity contribution in [3.8, 4) is 22.3 Å². The Kier molecular flexibility index (Phi) is 4.51. The number of furan rings is 1. The van der Waals surface area contributed by atoms with E-state index in [1.165, 1.54) is 70.6 Å². The molecule has 1 nitrogen and oxygen atoms in total. The van der Waals surface area contributed by atoms with Gasteiger partial charge < -0.3 is 4.42 Å². The maximum absolute atomic E-state index is 6.99. The van der Waals surface area contributed by atoms with E-state index in [0.717, 1.165) is 27.5 Å². The highest BCUT2D eigenvalue weighted by Gasteiger charge is 2.21. The third-order valence-electron chi connectivity index (χ3n) is 9.39. The monoisotopic (exact) mass is 544 g/mol. The van der Waals surface area contributed by atoms with E-state index in [2.05, 4.69) is 146 Å². The molecule has 0 fully saturated rings. The number of hydrogen-bond acceptors (Lipinski definition) is 1. The molecule has 0 amide bonds. The van der Waals surface area contributed by atoms with Crippen LogP contribution in [0.25, 0.3) is 98.1 Å². The average molecular weight is 545 g/mol. The van der Waals surface area contributed by atoms with E-state index in [1.54, 1.807) is 0 Å². The van der Waals surface area contributed by atoms with Crippen molar-refractivity contribution in [1.82, 2.24) is 0 Å². The van der Waals surface area contributed by atoms with Gasteiger partial charge in [0, 0.05) is 21.7 Å². The van der Waals surface area contributed by atoms with Crippen LogP contribution in [0.3, 0.4) is 0 Å². The maximum Gasteiger partial charge on any atom is 0.143 e. The molecule has 0 atom stereocenters. The lowest BCUT2D eigenvalue weighted by molar-refractivity contribution is 0.674. The van der Waals surface area contributed by atoms with Crippen LogP contribution < -0.4 is 0 Å². The molecular formula is C42H24O. The lowest BCUT2D eigenvalue weighted by atomic mass is 9.88. The molecule has 0 saturated heterocycles. The maximum atomic E-state index is 6.99. The molecule has 0 spiro atoms. The van der Waals surface area contributed by atoms with E-state index < -0.39 is 0 Å². The van der Waals surface area contributed by atoms with Gasteiger partial charge in [0.2, 0.25) is 0 Å². The van der Waals surface area contributed by atoms with E-state index in [4.69, 9.17) is 4.42 Å². The summed E-state index contributed by atoms with van der Waals surface area (Å²) in [4.78, 5) is 0. The summed E-state index contributed by atoms with van der Waals surface area (Å²) in [5.74, 6) is 0. The molecule has 0 bridgehead atoms. The molecule has 1 aromatic heterocycles. The Hall–Kier alpha value is -5.66. The van der Waals surface area contributed by atoms with Crippen molar-refractivity contribution in [3.63, 3.8) is 0 Å². The Morgan fingerprint density at radius 3 is 1.79 bits per heavy atom. The molecule has 0 aliphatic carbocycles. The van der Waals surface area contributed by atoms with E-state index >= 15 is 0 Å². The second kappa shape index (κ2) is 8.44. The minimum Gasteiger partial charge on any atom is -0.455 e. The molecule has 1 heteroatoms. The van der Waals surface area contributed by atoms with Crippen LogP contribution in [0.15, 0.2) is 150 Å². The van der Waals surface area contributed by atoms with E-state index in [9.17, 15) is 0 Å². The summed E-state index contributed by atoms with van der Waals surface area (Å²) in [6.45, 7) is 0. The van der Waals surface area contributed by atoms with Gasteiger partial charge in [-0.2, -0.15) is 0 Å². The zero-order chi connectivity index (χ0) is 28.1. The molecule has 0 saturated carbocycles. The summed E-state index contributed by atoms with van der Waals surface area (Å²) in [6, 6.07) is 53.1. The van der Waals surface area contributed by atoms with Gasteiger partial charge in [0.25, 0.3) is 0 Å². The fraction of sp³-hybridized carbons (Fsp3) is 0. The second-order valence-corrected chi connectivity index (χ2v) is 11.7. The first-order chi connectivity index (χ1) is 21.3. The molecule has 10 rings (SSSR count). The third-order valence-corrected chi connectivity index (χ3v) is 9.39. The van der Waals surface area contributed by atoms with Crippen molar-refractivity contribution < 1.29 is 4.42 Å². The SMILES string of the molecule is c1ccc2cc(-c3ccc(-c4ccc5ccc6cccc7ccc4c5c67)c4oc5c6ccccc6ccc5c34)ccc2c1. The quantitative estimate of drug-likeness (QED) is 0.197. The fourth-order valence-corrected chi connectivity index (χ4v) is 7.39. The zero-order valence-electron chi connectivity index (χ0n) is 23.3. The van der Waals surface area contributed by atoms with Crippen molar-refractivity contribution in [2.24, 2.45) is 0 Å². The third kappa shape index (κ3) is 3.17. The molecule has 0 N–H and O–H groups in total. The summed E-state index contributed by atoms with van der Waals surface area (Å²) in [6.07, 6.45) is 0. The van der Waals surface area contributed by atoms with Gasteiger partial charge in [-0.15, -0.1) is 0 Å². The minimum absolute atomic E-state index is 0.937. The molecule has 0 unspecified atom stereocenters. The van der Waals surface area contributed by atoms with E-state index in [-0.39, 0.29) is 0 Å². The molecule has 43 heavy (non-hydrogen) atoms. The molecule has 0 radical (unpaired) electrons. The van der Waals surface area contributed by atoms with Crippen LogP contribution in [-0.4, -0.2) is 0 Å². The zero-order valence-corrected chi connectivity index (χ0v) is 23.3. The van der Waals surface area contributed by atoms with Crippen LogP contribution in [-0.2, 0) is 0 Å². The van der Waals surface area contributed by atoms with Gasteiger partial charge in [0.1, 0.15) is 11.2 Å². The van der Waals surface area contributed by atoms with Gasteiger partial charge in [-0.05, 0) is 83.4 Å². The first kappa shape index (κ1) is 23.0. The average Bonchev–Trinajstić information content (AvgIpc) is 3.47. The van der Waals surface area contributed by atoms with Crippen molar-refractivity contribution in [2.75, 3.05) is 0 Å². The van der Waals surface area contributed by atoms with Gasteiger partial charge in [0.15, 0.2) is 0 Å². The number of hydrogen-bond donors (Lipinski definition) is 0. The Morgan fingerprint density at radius 1 is 0.302 bits per heavy atom. The van der Waals surface area contributed by atoms with Crippen LogP contribution in [0.4, 0.5) is 0 Å². The lowest BCUT2D eigenvalue weighted by Crippen LogP contribution is -1.88. The summed E-state index contributed by atoms with van der Waals surface area (Å²) in [5.41, 5.74) is 6.59. The molecular weight excluding hydrogens is 520 g/mol. The first-order valence-electron chi connectivity index (χ1n) is 14.8. The molecule has 0 aliphatic heterocycles. The lowest BCUT2D eigenvalue weighted by Gasteiger charge is -2.15. The summed E-state index contributed by atoms with van der Waals surface area (Å²) in [5, 5.41) is 14.9. The molecule has 1 heterocycles. The number of rotatable bonds is 2. The van der Waals surface area contributed by atoms with Crippen molar-refractivity contribution in [1.29, 1.82) is 0 Å². The molecule has 198 valence electrons. The summed E-state index contributed by atoms with van der Waals surface area (Å²) < 4.78 is 6.99. The number of benzene rings is 9. The summed E-state index contributed by atoms with van der Waals surface area (Å²) >= 11 is 0. The van der Waals surface area contributed by atoms with Crippen LogP contribution >= 0.6 is 0 Å². The van der Waals surface area contributed by atoms with Crippen molar-refractivity contribution in [3.05, 3.63) is 146 Å². The minimum atomic E-state index is 0.937. The number of fused-ring (bicyclic) bond motifs is 6. The first-order valence-corrected chi connectivity index (χ1v) is 14.8.